The highest BCUT2D eigenvalue weighted by Gasteiger charge is 2.29. The fourth-order valence-corrected chi connectivity index (χ4v) is 5.77. The summed E-state index contributed by atoms with van der Waals surface area (Å²) in [5.74, 6) is 0.115. The van der Waals surface area contributed by atoms with Gasteiger partial charge >= 0.3 is 0 Å². The number of nitrogens with zero attached hydrogens (tertiary/aromatic N) is 1. The number of hydrogen-bond donors (Lipinski definition) is 1. The Morgan fingerprint density at radius 2 is 1.79 bits per heavy atom. The van der Waals surface area contributed by atoms with Crippen LogP contribution in [0.3, 0.4) is 0 Å². The van der Waals surface area contributed by atoms with Gasteiger partial charge in [-0.3, -0.25) is 4.79 Å². The fraction of sp³-hybridized carbons (Fsp3) is 0.250. The molecule has 3 aromatic rings. The van der Waals surface area contributed by atoms with Gasteiger partial charge in [0.1, 0.15) is 7.05 Å². The molecular weight excluding hydrogens is 594 g/mol. The van der Waals surface area contributed by atoms with Crippen LogP contribution in [0.2, 0.25) is 10.0 Å². The number of amides is 1. The molecule has 4 rings (SSSR count). The highest BCUT2D eigenvalue weighted by atomic mass is 127. The summed E-state index contributed by atoms with van der Waals surface area (Å²) >= 11 is 12.2. The number of aromatic nitrogens is 1. The number of sulfone groups is 1. The Hall–Kier alpha value is -1.68. The first-order valence-corrected chi connectivity index (χ1v) is 12.7. The van der Waals surface area contributed by atoms with Crippen molar-refractivity contribution in [3.63, 3.8) is 0 Å². The molecule has 1 aliphatic rings. The second kappa shape index (κ2) is 10.7. The molecule has 0 saturated heterocycles. The van der Waals surface area contributed by atoms with Crippen molar-refractivity contribution in [3.05, 3.63) is 93.7 Å². The van der Waals surface area contributed by atoms with Crippen LogP contribution in [-0.4, -0.2) is 20.1 Å². The van der Waals surface area contributed by atoms with Gasteiger partial charge in [-0.15, -0.1) is 0 Å². The molecule has 1 fully saturated rings. The van der Waals surface area contributed by atoms with Gasteiger partial charge in [0, 0.05) is 16.7 Å². The average Bonchev–Trinajstić information content (AvgIpc) is 3.55. The van der Waals surface area contributed by atoms with Crippen LogP contribution >= 0.6 is 23.2 Å². The summed E-state index contributed by atoms with van der Waals surface area (Å²) in [6.07, 6.45) is 5.76. The van der Waals surface area contributed by atoms with E-state index in [1.165, 1.54) is 6.07 Å². The van der Waals surface area contributed by atoms with Gasteiger partial charge in [-0.2, -0.15) is 0 Å². The average molecular weight is 617 g/mol. The van der Waals surface area contributed by atoms with Gasteiger partial charge in [0.15, 0.2) is 22.2 Å². The summed E-state index contributed by atoms with van der Waals surface area (Å²) in [5.41, 5.74) is 1.92. The number of hydrogen-bond acceptors (Lipinski definition) is 3. The van der Waals surface area contributed by atoms with Gasteiger partial charge in [0.25, 0.3) is 5.91 Å². The first-order chi connectivity index (χ1) is 15.2. The minimum absolute atomic E-state index is 0. The third-order valence-corrected chi connectivity index (χ3v) is 7.92. The van der Waals surface area contributed by atoms with Crippen molar-refractivity contribution < 1.29 is 41.8 Å². The zero-order valence-electron chi connectivity index (χ0n) is 17.8. The molecule has 0 aliphatic heterocycles. The summed E-state index contributed by atoms with van der Waals surface area (Å²) < 4.78 is 27.1. The highest BCUT2D eigenvalue weighted by molar-refractivity contribution is 7.91. The predicted molar refractivity (Wildman–Crippen MR) is 125 cm³/mol. The maximum Gasteiger partial charge on any atom is 0.253 e. The zero-order chi connectivity index (χ0) is 22.9. The summed E-state index contributed by atoms with van der Waals surface area (Å²) in [5, 5.41) is 3.73. The molecule has 174 valence electrons. The molecule has 1 N–H and O–H groups in total. The maximum absolute atomic E-state index is 13.0. The topological polar surface area (TPSA) is 67.1 Å². The van der Waals surface area contributed by atoms with E-state index < -0.39 is 15.9 Å². The van der Waals surface area contributed by atoms with Crippen molar-refractivity contribution in [1.29, 1.82) is 0 Å². The number of rotatable bonds is 7. The van der Waals surface area contributed by atoms with Crippen LogP contribution in [0.15, 0.2) is 71.9 Å². The van der Waals surface area contributed by atoms with Crippen molar-refractivity contribution in [2.75, 3.05) is 5.75 Å². The highest BCUT2D eigenvalue weighted by Crippen LogP contribution is 2.33. The molecule has 33 heavy (non-hydrogen) atoms. The van der Waals surface area contributed by atoms with E-state index in [1.807, 2.05) is 36.1 Å². The van der Waals surface area contributed by atoms with Crippen LogP contribution in [0, 0.1) is 5.92 Å². The summed E-state index contributed by atoms with van der Waals surface area (Å²) in [4.78, 5) is 13.3. The molecule has 1 atom stereocenters. The fourth-order valence-electron chi connectivity index (χ4n) is 3.58. The van der Waals surface area contributed by atoms with E-state index in [1.54, 1.807) is 36.4 Å². The van der Waals surface area contributed by atoms with Crippen molar-refractivity contribution in [1.82, 2.24) is 5.32 Å². The maximum atomic E-state index is 13.0. The second-order valence-electron chi connectivity index (χ2n) is 8.13. The lowest BCUT2D eigenvalue weighted by Crippen LogP contribution is -3.00. The number of benzene rings is 2. The lowest BCUT2D eigenvalue weighted by atomic mass is 9.99. The third-order valence-electron chi connectivity index (χ3n) is 5.47. The first-order valence-electron chi connectivity index (χ1n) is 10.3. The molecular formula is C24H23Cl2IN2O3S. The minimum atomic E-state index is -3.31. The van der Waals surface area contributed by atoms with Gasteiger partial charge in [-0.25, -0.2) is 13.0 Å². The van der Waals surface area contributed by atoms with Crippen molar-refractivity contribution in [2.24, 2.45) is 13.0 Å². The van der Waals surface area contributed by atoms with Crippen LogP contribution in [0.1, 0.15) is 40.4 Å². The molecule has 1 saturated carbocycles. The zero-order valence-corrected chi connectivity index (χ0v) is 22.3. The standard InChI is InChI=1S/C24H22Cl2N2O3S.HI/c1-28-12-2-3-18(14-28)23(27-24(29)21-11-8-19(25)13-22(21)26)17-6-9-20(10-7-17)32(30,31)15-16-4-5-16;/h2-3,6-14,16,23H,4-5,15H2,1H3;1H. The number of carbonyl (C=O) groups is 1. The van der Waals surface area contributed by atoms with Gasteiger partial charge in [-0.1, -0.05) is 35.3 Å². The quantitative estimate of drug-likeness (QED) is 0.324. The van der Waals surface area contributed by atoms with Gasteiger partial charge in [-0.05, 0) is 60.7 Å². The van der Waals surface area contributed by atoms with E-state index in [9.17, 15) is 13.2 Å². The molecule has 5 nitrogen and oxygen atoms in total. The van der Waals surface area contributed by atoms with E-state index in [0.29, 0.717) is 15.5 Å². The summed E-state index contributed by atoms with van der Waals surface area (Å²) in [7, 11) is -1.41. The molecule has 2 aromatic carbocycles. The van der Waals surface area contributed by atoms with E-state index in [4.69, 9.17) is 23.2 Å². The van der Waals surface area contributed by atoms with Gasteiger partial charge in [0.05, 0.1) is 27.3 Å². The lowest BCUT2D eigenvalue weighted by molar-refractivity contribution is -0.672. The molecule has 1 unspecified atom stereocenters. The Morgan fingerprint density at radius 3 is 2.39 bits per heavy atom. The van der Waals surface area contributed by atoms with Gasteiger partial charge < -0.3 is 29.3 Å². The molecule has 1 amide bonds. The smallest absolute Gasteiger partial charge is 0.253 e. The Bertz CT molecular complexity index is 1260. The number of halogens is 3. The van der Waals surface area contributed by atoms with Crippen LogP contribution in [-0.2, 0) is 16.9 Å². The summed E-state index contributed by atoms with van der Waals surface area (Å²) in [6.45, 7) is 0. The first kappa shape index (κ1) is 25.9. The number of carbonyl (C=O) groups excluding carboxylic acids is 1. The van der Waals surface area contributed by atoms with E-state index >= 15 is 0 Å². The number of nitrogens with one attached hydrogen (secondary N) is 1. The molecule has 1 aliphatic carbocycles. The molecule has 0 bridgehead atoms. The van der Waals surface area contributed by atoms with Crippen LogP contribution < -0.4 is 33.9 Å². The molecule has 0 spiro atoms. The van der Waals surface area contributed by atoms with Crippen molar-refractivity contribution in [2.45, 2.75) is 23.8 Å². The SMILES string of the molecule is C[n+]1cccc(C(NC(=O)c2ccc(Cl)cc2Cl)c2ccc(S(=O)(=O)CC3CC3)cc2)c1.[I-]. The van der Waals surface area contributed by atoms with E-state index in [0.717, 1.165) is 24.0 Å². The molecule has 1 heterocycles. The van der Waals surface area contributed by atoms with Crippen molar-refractivity contribution >= 4 is 38.9 Å². The Balaban J connectivity index is 0.00000306. The van der Waals surface area contributed by atoms with Crippen molar-refractivity contribution in [3.8, 4) is 0 Å². The van der Waals surface area contributed by atoms with Crippen LogP contribution in [0.25, 0.3) is 0 Å². The normalized spacial score (nSPS) is 14.3. The lowest BCUT2D eigenvalue weighted by Gasteiger charge is -2.20. The second-order valence-corrected chi connectivity index (χ2v) is 11.0. The summed E-state index contributed by atoms with van der Waals surface area (Å²) in [6, 6.07) is 14.7. The number of pyridine rings is 1. The molecule has 1 aromatic heterocycles. The Labute approximate surface area is 221 Å². The largest absolute Gasteiger partial charge is 1.00 e. The van der Waals surface area contributed by atoms with Crippen LogP contribution in [0.5, 0.6) is 0 Å². The van der Waals surface area contributed by atoms with Crippen LogP contribution in [0.4, 0.5) is 0 Å². The van der Waals surface area contributed by atoms with E-state index in [2.05, 4.69) is 5.32 Å². The Morgan fingerprint density at radius 1 is 1.09 bits per heavy atom. The monoisotopic (exact) mass is 616 g/mol. The van der Waals surface area contributed by atoms with E-state index in [-0.39, 0.29) is 46.6 Å². The van der Waals surface area contributed by atoms with Gasteiger partial charge in [0.2, 0.25) is 0 Å². The number of aryl methyl sites for hydroxylation is 1. The third kappa shape index (κ3) is 6.47. The Kier molecular flexibility index (Phi) is 8.42. The molecule has 0 radical (unpaired) electrons. The minimum Gasteiger partial charge on any atom is -1.00 e. The molecule has 9 heteroatoms. The predicted octanol–water partition coefficient (Wildman–Crippen LogP) is 1.52.